The molecule has 2 heterocycles. The van der Waals surface area contributed by atoms with E-state index in [0.717, 1.165) is 0 Å². The lowest BCUT2D eigenvalue weighted by atomic mass is 10.0. The molecule has 196 valence electrons. The third-order valence-corrected chi connectivity index (χ3v) is 10.6. The van der Waals surface area contributed by atoms with Crippen molar-refractivity contribution in [2.75, 3.05) is 13.2 Å². The highest BCUT2D eigenvalue weighted by Gasteiger charge is 2.53. The predicted octanol–water partition coefficient (Wildman–Crippen LogP) is 4.06. The fourth-order valence-electron chi connectivity index (χ4n) is 3.60. The van der Waals surface area contributed by atoms with Crippen LogP contribution in [0.15, 0.2) is 11.8 Å². The maximum absolute atomic E-state index is 12.5. The predicted molar refractivity (Wildman–Crippen MR) is 127 cm³/mol. The van der Waals surface area contributed by atoms with Crippen LogP contribution in [-0.4, -0.2) is 69.5 Å². The Hall–Kier alpha value is -1.30. The Balaban J connectivity index is 2.50. The van der Waals surface area contributed by atoms with Gasteiger partial charge in [-0.2, -0.15) is 0 Å². The van der Waals surface area contributed by atoms with Crippen LogP contribution in [0.4, 0.5) is 0 Å². The van der Waals surface area contributed by atoms with Gasteiger partial charge in [0, 0.05) is 6.92 Å². The van der Waals surface area contributed by atoms with E-state index in [1.54, 1.807) is 20.8 Å². The Morgan fingerprint density at radius 2 is 1.71 bits per heavy atom. The van der Waals surface area contributed by atoms with Gasteiger partial charge in [0.1, 0.15) is 24.4 Å². The van der Waals surface area contributed by atoms with Crippen LogP contribution in [0.2, 0.25) is 18.1 Å². The molecule has 34 heavy (non-hydrogen) atoms. The first-order valence-corrected chi connectivity index (χ1v) is 14.7. The summed E-state index contributed by atoms with van der Waals surface area (Å²) in [5.74, 6) is -3.40. The highest BCUT2D eigenvalue weighted by atomic mass is 28.4. The number of ether oxygens (including phenoxy) is 6. The summed E-state index contributed by atoms with van der Waals surface area (Å²) in [5, 5.41) is -0.0750. The Kier molecular flexibility index (Phi) is 8.81. The van der Waals surface area contributed by atoms with Crippen molar-refractivity contribution in [2.24, 2.45) is 0 Å². The number of hydrogen-bond acceptors (Lipinski definition) is 9. The summed E-state index contributed by atoms with van der Waals surface area (Å²) < 4.78 is 41.5. The molecule has 2 saturated heterocycles. The molecular formula is C24H42O9Si. The third kappa shape index (κ3) is 7.35. The fraction of sp³-hybridized carbons (Fsp3) is 0.833. The van der Waals surface area contributed by atoms with Crippen molar-refractivity contribution >= 4 is 20.3 Å². The molecule has 0 aromatic carbocycles. The molecule has 4 atom stereocenters. The number of carbonyl (C=O) groups is 2. The molecule has 0 N–H and O–H groups in total. The van der Waals surface area contributed by atoms with Crippen molar-refractivity contribution in [1.82, 2.24) is 0 Å². The summed E-state index contributed by atoms with van der Waals surface area (Å²) in [6.45, 7) is 21.4. The van der Waals surface area contributed by atoms with Crippen LogP contribution in [0, 0.1) is 0 Å². The van der Waals surface area contributed by atoms with Gasteiger partial charge < -0.3 is 32.8 Å². The molecule has 0 aromatic heterocycles. The van der Waals surface area contributed by atoms with Gasteiger partial charge in [0.25, 0.3) is 0 Å². The van der Waals surface area contributed by atoms with Gasteiger partial charge in [0.15, 0.2) is 19.9 Å². The summed E-state index contributed by atoms with van der Waals surface area (Å²) in [4.78, 5) is 24.1. The fourth-order valence-corrected chi connectivity index (χ4v) is 4.92. The van der Waals surface area contributed by atoms with E-state index in [4.69, 9.17) is 32.8 Å². The summed E-state index contributed by atoms with van der Waals surface area (Å²) >= 11 is 0. The van der Waals surface area contributed by atoms with Crippen molar-refractivity contribution in [3.63, 3.8) is 0 Å². The summed E-state index contributed by atoms with van der Waals surface area (Å²) in [7, 11) is -2.29. The first kappa shape index (κ1) is 28.9. The molecule has 0 amide bonds. The summed E-state index contributed by atoms with van der Waals surface area (Å²) in [5.41, 5.74) is 0. The van der Waals surface area contributed by atoms with Crippen LogP contribution in [0.1, 0.15) is 62.3 Å². The van der Waals surface area contributed by atoms with Crippen molar-refractivity contribution in [2.45, 2.75) is 116 Å². The minimum atomic E-state index is -2.29. The van der Waals surface area contributed by atoms with Crippen molar-refractivity contribution in [3.8, 4) is 0 Å². The first-order valence-electron chi connectivity index (χ1n) is 11.8. The van der Waals surface area contributed by atoms with E-state index in [9.17, 15) is 9.59 Å². The second-order valence-corrected chi connectivity index (χ2v) is 15.9. The lowest BCUT2D eigenvalue weighted by molar-refractivity contribution is -0.176. The molecule has 0 radical (unpaired) electrons. The van der Waals surface area contributed by atoms with Crippen LogP contribution in [0.25, 0.3) is 0 Å². The Morgan fingerprint density at radius 3 is 2.18 bits per heavy atom. The zero-order valence-electron chi connectivity index (χ0n) is 22.5. The number of rotatable bonds is 8. The van der Waals surface area contributed by atoms with Gasteiger partial charge in [-0.3, -0.25) is 4.79 Å². The van der Waals surface area contributed by atoms with Crippen molar-refractivity contribution in [1.29, 1.82) is 0 Å². The van der Waals surface area contributed by atoms with Gasteiger partial charge in [-0.1, -0.05) is 20.8 Å². The quantitative estimate of drug-likeness (QED) is 0.211. The average Bonchev–Trinajstić information content (AvgIpc) is 3.16. The Bertz CT molecular complexity index is 782. The van der Waals surface area contributed by atoms with Crippen LogP contribution in [0.3, 0.4) is 0 Å². The average molecular weight is 503 g/mol. The van der Waals surface area contributed by atoms with Crippen LogP contribution >= 0.6 is 0 Å². The van der Waals surface area contributed by atoms with Gasteiger partial charge >= 0.3 is 11.9 Å². The number of esters is 2. The molecule has 10 heteroatoms. The molecule has 0 unspecified atom stereocenters. The Morgan fingerprint density at radius 1 is 1.09 bits per heavy atom. The van der Waals surface area contributed by atoms with E-state index in [0.29, 0.717) is 6.61 Å². The highest BCUT2D eigenvalue weighted by molar-refractivity contribution is 6.74. The standard InChI is InChI=1S/C24H42O9Si/c1-12-27-21(26)17(29-15(2)25)13-16-19(32-24(8,9)30-16)20(18-14-28-23(6,7)31-18)33-34(10,11)22(3,4)5/h13,16,18-20H,12,14H2,1-11H3/b17-13-/t16-,18-,19-,20-/m1/s1. The molecule has 9 nitrogen and oxygen atoms in total. The maximum Gasteiger partial charge on any atom is 0.374 e. The van der Waals surface area contributed by atoms with Gasteiger partial charge in [0.05, 0.1) is 13.2 Å². The molecule has 0 aliphatic carbocycles. The lowest BCUT2D eigenvalue weighted by Crippen LogP contribution is -2.54. The molecule has 0 aromatic rings. The monoisotopic (exact) mass is 502 g/mol. The van der Waals surface area contributed by atoms with E-state index >= 15 is 0 Å². The van der Waals surface area contributed by atoms with Gasteiger partial charge in [-0.25, -0.2) is 4.79 Å². The largest absolute Gasteiger partial charge is 0.460 e. The molecular weight excluding hydrogens is 460 g/mol. The zero-order chi connectivity index (χ0) is 26.1. The molecule has 2 rings (SSSR count). The maximum atomic E-state index is 12.5. The topological polar surface area (TPSA) is 98.8 Å². The summed E-state index contributed by atoms with van der Waals surface area (Å²) in [6.07, 6.45) is -0.988. The smallest absolute Gasteiger partial charge is 0.374 e. The number of carbonyl (C=O) groups excluding carboxylic acids is 2. The van der Waals surface area contributed by atoms with Gasteiger partial charge in [-0.05, 0) is 58.8 Å². The molecule has 0 bridgehead atoms. The van der Waals surface area contributed by atoms with Crippen LogP contribution in [0.5, 0.6) is 0 Å². The molecule has 2 aliphatic heterocycles. The van der Waals surface area contributed by atoms with Crippen LogP contribution in [-0.2, 0) is 42.4 Å². The normalized spacial score (nSPS) is 28.0. The van der Waals surface area contributed by atoms with E-state index in [2.05, 4.69) is 33.9 Å². The van der Waals surface area contributed by atoms with Crippen molar-refractivity contribution < 1.29 is 42.4 Å². The van der Waals surface area contributed by atoms with E-state index in [1.165, 1.54) is 13.0 Å². The lowest BCUT2D eigenvalue weighted by Gasteiger charge is -2.42. The second kappa shape index (κ2) is 10.4. The van der Waals surface area contributed by atoms with Gasteiger partial charge in [-0.15, -0.1) is 0 Å². The minimum Gasteiger partial charge on any atom is -0.460 e. The van der Waals surface area contributed by atoms with Crippen LogP contribution < -0.4 is 0 Å². The molecule has 0 spiro atoms. The molecule has 2 aliphatic rings. The molecule has 2 fully saturated rings. The SMILES string of the molecule is CCOC(=O)/C(=C/[C@H]1OC(C)(C)O[C@H]1[C@H](O[Si](C)(C)C(C)(C)C)[C@H]1COC(C)(C)O1)OC(C)=O. The highest BCUT2D eigenvalue weighted by Crippen LogP contribution is 2.42. The zero-order valence-corrected chi connectivity index (χ0v) is 23.5. The summed E-state index contributed by atoms with van der Waals surface area (Å²) in [6, 6.07) is 0. The van der Waals surface area contributed by atoms with E-state index in [-0.39, 0.29) is 17.4 Å². The van der Waals surface area contributed by atoms with E-state index < -0.39 is 56.2 Å². The van der Waals surface area contributed by atoms with Gasteiger partial charge in [0.2, 0.25) is 5.76 Å². The minimum absolute atomic E-state index is 0.0750. The Labute approximate surface area is 204 Å². The first-order chi connectivity index (χ1) is 15.4. The number of hydrogen-bond donors (Lipinski definition) is 0. The second-order valence-electron chi connectivity index (χ2n) is 11.1. The van der Waals surface area contributed by atoms with Crippen molar-refractivity contribution in [3.05, 3.63) is 11.8 Å². The third-order valence-electron chi connectivity index (χ3n) is 6.17. The molecule has 0 saturated carbocycles. The van der Waals surface area contributed by atoms with E-state index in [1.807, 2.05) is 13.8 Å².